The Hall–Kier alpha value is -1.28. The van der Waals surface area contributed by atoms with Crippen LogP contribution in [0.25, 0.3) is 0 Å². The summed E-state index contributed by atoms with van der Waals surface area (Å²) < 4.78 is 21.7. The Morgan fingerprint density at radius 3 is 1.63 bits per heavy atom. The number of rotatable bonds is 19. The first-order chi connectivity index (χ1) is 13.3. The molecule has 2 amide bonds. The van der Waals surface area contributed by atoms with Gasteiger partial charge in [-0.3, -0.25) is 14.5 Å². The monoisotopic (exact) mass is 385 g/mol. The van der Waals surface area contributed by atoms with E-state index in [9.17, 15) is 9.59 Å². The van der Waals surface area contributed by atoms with Crippen LogP contribution >= 0.6 is 0 Å². The standard InChI is InChI=1S/C20H35NO6/c1-2-3-4-5-6-7-11-24-13-15-26-17-18-27-16-14-25-12-10-21-19(22)8-9-20(21)23/h8-9H,2-7,10-18H2,1H3. The molecule has 0 aromatic carbocycles. The van der Waals surface area contributed by atoms with E-state index < -0.39 is 0 Å². The molecule has 1 aliphatic rings. The second-order valence-corrected chi connectivity index (χ2v) is 6.38. The predicted octanol–water partition coefficient (Wildman–Crippen LogP) is 2.34. The zero-order valence-electron chi connectivity index (χ0n) is 16.7. The number of hydrogen-bond acceptors (Lipinski definition) is 6. The van der Waals surface area contributed by atoms with Crippen molar-refractivity contribution in [2.24, 2.45) is 0 Å². The first-order valence-electron chi connectivity index (χ1n) is 10.1. The summed E-state index contributed by atoms with van der Waals surface area (Å²) in [5.74, 6) is -0.569. The minimum atomic E-state index is -0.284. The van der Waals surface area contributed by atoms with Crippen LogP contribution in [-0.4, -0.2) is 76.1 Å². The summed E-state index contributed by atoms with van der Waals surface area (Å²) in [6.45, 7) is 6.75. The molecule has 0 fully saturated rings. The molecule has 0 aromatic heterocycles. The molecule has 1 rings (SSSR count). The van der Waals surface area contributed by atoms with Crippen molar-refractivity contribution in [1.29, 1.82) is 0 Å². The maximum atomic E-state index is 11.3. The van der Waals surface area contributed by atoms with Gasteiger partial charge in [-0.05, 0) is 6.42 Å². The van der Waals surface area contributed by atoms with E-state index in [4.69, 9.17) is 18.9 Å². The number of unbranched alkanes of at least 4 members (excludes halogenated alkanes) is 5. The first kappa shape index (κ1) is 23.8. The fourth-order valence-electron chi connectivity index (χ4n) is 2.55. The van der Waals surface area contributed by atoms with Crippen molar-refractivity contribution in [3.05, 3.63) is 12.2 Å². The predicted molar refractivity (Wildman–Crippen MR) is 103 cm³/mol. The molecule has 0 aliphatic carbocycles. The minimum Gasteiger partial charge on any atom is -0.379 e. The molecule has 1 heterocycles. The zero-order chi connectivity index (χ0) is 19.6. The molecule has 0 unspecified atom stereocenters. The lowest BCUT2D eigenvalue weighted by molar-refractivity contribution is -0.137. The lowest BCUT2D eigenvalue weighted by atomic mass is 10.1. The lowest BCUT2D eigenvalue weighted by Crippen LogP contribution is -2.33. The van der Waals surface area contributed by atoms with Crippen molar-refractivity contribution in [3.63, 3.8) is 0 Å². The number of imide groups is 1. The highest BCUT2D eigenvalue weighted by Crippen LogP contribution is 2.05. The average molecular weight is 386 g/mol. The fourth-order valence-corrected chi connectivity index (χ4v) is 2.55. The van der Waals surface area contributed by atoms with Crippen LogP contribution in [0.3, 0.4) is 0 Å². The number of hydrogen-bond donors (Lipinski definition) is 0. The molecule has 7 nitrogen and oxygen atoms in total. The molecule has 0 radical (unpaired) electrons. The Kier molecular flexibility index (Phi) is 14.8. The summed E-state index contributed by atoms with van der Waals surface area (Å²) in [6, 6.07) is 0. The quantitative estimate of drug-likeness (QED) is 0.251. The highest BCUT2D eigenvalue weighted by molar-refractivity contribution is 6.12. The lowest BCUT2D eigenvalue weighted by Gasteiger charge is -2.13. The normalized spacial score (nSPS) is 13.9. The van der Waals surface area contributed by atoms with Gasteiger partial charge < -0.3 is 18.9 Å². The van der Waals surface area contributed by atoms with Crippen molar-refractivity contribution in [2.45, 2.75) is 45.4 Å². The molecular formula is C20H35NO6. The molecule has 156 valence electrons. The number of amides is 2. The van der Waals surface area contributed by atoms with Gasteiger partial charge in [0, 0.05) is 18.8 Å². The third-order valence-electron chi connectivity index (χ3n) is 4.12. The molecule has 0 spiro atoms. The summed E-state index contributed by atoms with van der Waals surface area (Å²) in [6.07, 6.45) is 10.2. The molecular weight excluding hydrogens is 350 g/mol. The smallest absolute Gasteiger partial charge is 0.253 e. The van der Waals surface area contributed by atoms with Crippen LogP contribution in [0.15, 0.2) is 12.2 Å². The Balaban J connectivity index is 1.71. The highest BCUT2D eigenvalue weighted by Gasteiger charge is 2.22. The molecule has 7 heteroatoms. The Morgan fingerprint density at radius 2 is 1.07 bits per heavy atom. The third-order valence-corrected chi connectivity index (χ3v) is 4.12. The van der Waals surface area contributed by atoms with Gasteiger partial charge in [-0.15, -0.1) is 0 Å². The van der Waals surface area contributed by atoms with Crippen molar-refractivity contribution in [3.8, 4) is 0 Å². The van der Waals surface area contributed by atoms with Crippen LogP contribution in [0.5, 0.6) is 0 Å². The molecule has 0 saturated carbocycles. The number of carbonyl (C=O) groups is 2. The molecule has 27 heavy (non-hydrogen) atoms. The van der Waals surface area contributed by atoms with Gasteiger partial charge in [0.15, 0.2) is 0 Å². The fraction of sp³-hybridized carbons (Fsp3) is 0.800. The van der Waals surface area contributed by atoms with Gasteiger partial charge in [0.1, 0.15) is 0 Å². The van der Waals surface area contributed by atoms with Crippen molar-refractivity contribution in [2.75, 3.05) is 59.4 Å². The Labute approximate surface area is 163 Å². The maximum Gasteiger partial charge on any atom is 0.253 e. The van der Waals surface area contributed by atoms with E-state index in [0.717, 1.165) is 17.9 Å². The molecule has 0 atom stereocenters. The zero-order valence-corrected chi connectivity index (χ0v) is 16.7. The molecule has 0 aromatic rings. The van der Waals surface area contributed by atoms with Crippen LogP contribution in [0.1, 0.15) is 45.4 Å². The summed E-state index contributed by atoms with van der Waals surface area (Å²) in [7, 11) is 0. The van der Waals surface area contributed by atoms with E-state index in [1.807, 2.05) is 0 Å². The summed E-state index contributed by atoms with van der Waals surface area (Å²) >= 11 is 0. The van der Waals surface area contributed by atoms with Crippen LogP contribution in [0.2, 0.25) is 0 Å². The maximum absolute atomic E-state index is 11.3. The van der Waals surface area contributed by atoms with E-state index in [1.54, 1.807) is 0 Å². The van der Waals surface area contributed by atoms with Gasteiger partial charge in [-0.1, -0.05) is 39.0 Å². The second-order valence-electron chi connectivity index (χ2n) is 6.38. The summed E-state index contributed by atoms with van der Waals surface area (Å²) in [5.41, 5.74) is 0. The molecule has 0 N–H and O–H groups in total. The van der Waals surface area contributed by atoms with Crippen LogP contribution in [-0.2, 0) is 28.5 Å². The Bertz CT molecular complexity index is 409. The Morgan fingerprint density at radius 1 is 0.630 bits per heavy atom. The van der Waals surface area contributed by atoms with Crippen molar-refractivity contribution < 1.29 is 28.5 Å². The third kappa shape index (κ3) is 12.7. The van der Waals surface area contributed by atoms with E-state index in [2.05, 4.69) is 6.92 Å². The largest absolute Gasteiger partial charge is 0.379 e. The van der Waals surface area contributed by atoms with Crippen molar-refractivity contribution in [1.82, 2.24) is 4.90 Å². The van der Waals surface area contributed by atoms with Gasteiger partial charge in [-0.25, -0.2) is 0 Å². The number of carbonyl (C=O) groups excluding carboxylic acids is 2. The summed E-state index contributed by atoms with van der Waals surface area (Å²) in [4.78, 5) is 23.8. The van der Waals surface area contributed by atoms with E-state index in [0.29, 0.717) is 46.2 Å². The second kappa shape index (κ2) is 16.9. The van der Waals surface area contributed by atoms with Gasteiger partial charge in [0.25, 0.3) is 11.8 Å². The van der Waals surface area contributed by atoms with Crippen LogP contribution < -0.4 is 0 Å². The minimum absolute atomic E-state index is 0.270. The van der Waals surface area contributed by atoms with E-state index in [-0.39, 0.29) is 18.4 Å². The molecule has 0 bridgehead atoms. The SMILES string of the molecule is CCCCCCCCOCCOCCOCCOCCN1C(=O)C=CC1=O. The van der Waals surface area contributed by atoms with Gasteiger partial charge in [0.05, 0.1) is 52.8 Å². The number of nitrogens with zero attached hydrogens (tertiary/aromatic N) is 1. The van der Waals surface area contributed by atoms with Crippen molar-refractivity contribution >= 4 is 11.8 Å². The summed E-state index contributed by atoms with van der Waals surface area (Å²) in [5, 5.41) is 0. The van der Waals surface area contributed by atoms with Crippen LogP contribution in [0.4, 0.5) is 0 Å². The molecule has 0 saturated heterocycles. The van der Waals surface area contributed by atoms with Gasteiger partial charge in [-0.2, -0.15) is 0 Å². The first-order valence-corrected chi connectivity index (χ1v) is 10.1. The van der Waals surface area contributed by atoms with Gasteiger partial charge >= 0.3 is 0 Å². The average Bonchev–Trinajstić information content (AvgIpc) is 2.99. The highest BCUT2D eigenvalue weighted by atomic mass is 16.6. The van der Waals surface area contributed by atoms with Gasteiger partial charge in [0.2, 0.25) is 0 Å². The van der Waals surface area contributed by atoms with E-state index >= 15 is 0 Å². The topological polar surface area (TPSA) is 74.3 Å². The number of ether oxygens (including phenoxy) is 4. The van der Waals surface area contributed by atoms with E-state index in [1.165, 1.54) is 44.3 Å². The van der Waals surface area contributed by atoms with Crippen LogP contribution in [0, 0.1) is 0 Å². The molecule has 1 aliphatic heterocycles.